The number of likely N-dealkylation sites (tertiary alicyclic amines) is 1. The number of carbonyl (C=O) groups is 2. The molecule has 0 radical (unpaired) electrons. The van der Waals surface area contributed by atoms with Crippen molar-refractivity contribution in [3.8, 4) is 0 Å². The lowest BCUT2D eigenvalue weighted by Gasteiger charge is -2.38. The van der Waals surface area contributed by atoms with Gasteiger partial charge in [0.2, 0.25) is 11.9 Å². The first-order chi connectivity index (χ1) is 15.2. The van der Waals surface area contributed by atoms with E-state index in [2.05, 4.69) is 15.3 Å². The van der Waals surface area contributed by atoms with Crippen LogP contribution >= 0.6 is 11.3 Å². The molecule has 2 saturated heterocycles. The number of carboxylic acids is 1. The zero-order chi connectivity index (χ0) is 23.2. The second-order valence-corrected chi connectivity index (χ2v) is 8.39. The van der Waals surface area contributed by atoms with Crippen molar-refractivity contribution < 1.29 is 32.6 Å². The first kappa shape index (κ1) is 23.9. The first-order valence-corrected chi connectivity index (χ1v) is 10.9. The van der Waals surface area contributed by atoms with Gasteiger partial charge in [-0.1, -0.05) is 0 Å². The molecule has 32 heavy (non-hydrogen) atoms. The van der Waals surface area contributed by atoms with Crippen LogP contribution in [0, 0.1) is 0 Å². The molecule has 0 aromatic carbocycles. The molecule has 0 aliphatic carbocycles. The Balaban J connectivity index is 0.000000360. The standard InChI is InChI=1S/C18H22N4O2S.C2HF3O2/c23-16(10-14-3-9-25-12-14)22-7-4-18(13-22)11-15(2-8-24-18)21-17-19-5-1-6-20-17;3-2(4,5)1(6)7/h1,3,5-6,9,12,15H,2,4,7-8,10-11,13H2,(H,19,20,21);(H,6,7)/t15-,18-;/m1./s1. The van der Waals surface area contributed by atoms with Crippen molar-refractivity contribution in [1.29, 1.82) is 0 Å². The van der Waals surface area contributed by atoms with Gasteiger partial charge in [0, 0.05) is 38.1 Å². The zero-order valence-electron chi connectivity index (χ0n) is 17.0. The van der Waals surface area contributed by atoms with Crippen molar-refractivity contribution >= 4 is 29.2 Å². The molecule has 12 heteroatoms. The van der Waals surface area contributed by atoms with E-state index in [1.54, 1.807) is 23.7 Å². The van der Waals surface area contributed by atoms with Gasteiger partial charge in [0.25, 0.3) is 0 Å². The Morgan fingerprint density at radius 1 is 1.34 bits per heavy atom. The molecule has 2 atom stereocenters. The van der Waals surface area contributed by atoms with Crippen LogP contribution in [0.2, 0.25) is 0 Å². The highest BCUT2D eigenvalue weighted by Gasteiger charge is 2.44. The van der Waals surface area contributed by atoms with Gasteiger partial charge in [-0.15, -0.1) is 0 Å². The lowest BCUT2D eigenvalue weighted by Crippen LogP contribution is -2.47. The number of alkyl halides is 3. The molecule has 0 bridgehead atoms. The highest BCUT2D eigenvalue weighted by molar-refractivity contribution is 7.08. The van der Waals surface area contributed by atoms with Crippen LogP contribution in [0.1, 0.15) is 24.8 Å². The van der Waals surface area contributed by atoms with Crippen molar-refractivity contribution in [2.75, 3.05) is 25.0 Å². The summed E-state index contributed by atoms with van der Waals surface area (Å²) >= 11 is 1.63. The van der Waals surface area contributed by atoms with Gasteiger partial charge < -0.3 is 20.1 Å². The van der Waals surface area contributed by atoms with E-state index in [9.17, 15) is 18.0 Å². The monoisotopic (exact) mass is 472 g/mol. The van der Waals surface area contributed by atoms with Crippen molar-refractivity contribution in [2.45, 2.75) is 43.5 Å². The van der Waals surface area contributed by atoms with E-state index < -0.39 is 12.1 Å². The van der Waals surface area contributed by atoms with Crippen LogP contribution in [0.4, 0.5) is 19.1 Å². The number of hydrogen-bond donors (Lipinski definition) is 2. The third-order valence-corrected chi connectivity index (χ3v) is 5.97. The second kappa shape index (κ2) is 10.3. The molecule has 0 saturated carbocycles. The number of thiophene rings is 1. The summed E-state index contributed by atoms with van der Waals surface area (Å²) in [5.41, 5.74) is 0.871. The SMILES string of the molecule is O=C(Cc1ccsc1)N1CC[C@@]2(C[C@H](Nc3ncccn3)CCO2)C1.O=C(O)C(F)(F)F. The molecule has 0 unspecified atom stereocenters. The van der Waals surface area contributed by atoms with Crippen LogP contribution < -0.4 is 5.32 Å². The van der Waals surface area contributed by atoms with Gasteiger partial charge in [0.05, 0.1) is 12.0 Å². The third kappa shape index (κ3) is 6.63. The van der Waals surface area contributed by atoms with Gasteiger partial charge in [-0.2, -0.15) is 24.5 Å². The number of aliphatic carboxylic acids is 1. The summed E-state index contributed by atoms with van der Waals surface area (Å²) < 4.78 is 37.9. The molecule has 2 N–H and O–H groups in total. The van der Waals surface area contributed by atoms with Crippen molar-refractivity contribution in [3.05, 3.63) is 40.8 Å². The van der Waals surface area contributed by atoms with E-state index in [1.807, 2.05) is 27.8 Å². The topological polar surface area (TPSA) is 105 Å². The minimum Gasteiger partial charge on any atom is -0.475 e. The number of carboxylic acid groups (broad SMARTS) is 1. The smallest absolute Gasteiger partial charge is 0.475 e. The van der Waals surface area contributed by atoms with Crippen molar-refractivity contribution in [3.63, 3.8) is 0 Å². The molecule has 8 nitrogen and oxygen atoms in total. The molecule has 2 aromatic heterocycles. The highest BCUT2D eigenvalue weighted by atomic mass is 32.1. The van der Waals surface area contributed by atoms with E-state index in [4.69, 9.17) is 14.6 Å². The van der Waals surface area contributed by atoms with Crippen molar-refractivity contribution in [2.24, 2.45) is 0 Å². The maximum atomic E-state index is 12.6. The Morgan fingerprint density at radius 3 is 2.69 bits per heavy atom. The van der Waals surface area contributed by atoms with E-state index in [0.29, 0.717) is 25.5 Å². The quantitative estimate of drug-likeness (QED) is 0.705. The molecule has 174 valence electrons. The number of anilines is 1. The molecule has 2 aliphatic heterocycles. The number of hydrogen-bond acceptors (Lipinski definition) is 7. The largest absolute Gasteiger partial charge is 0.490 e. The van der Waals surface area contributed by atoms with Gasteiger partial charge in [-0.25, -0.2) is 14.8 Å². The van der Waals surface area contributed by atoms with Gasteiger partial charge in [-0.05, 0) is 47.7 Å². The van der Waals surface area contributed by atoms with Crippen LogP contribution in [0.3, 0.4) is 0 Å². The fourth-order valence-corrected chi connectivity index (χ4v) is 4.40. The fraction of sp³-hybridized carbons (Fsp3) is 0.500. The molecule has 1 amide bonds. The second-order valence-electron chi connectivity index (χ2n) is 7.61. The molecule has 4 heterocycles. The maximum Gasteiger partial charge on any atom is 0.490 e. The molecule has 4 rings (SSSR count). The number of amides is 1. The molecule has 2 fully saturated rings. The predicted octanol–water partition coefficient (Wildman–Crippen LogP) is 2.98. The van der Waals surface area contributed by atoms with Gasteiger partial charge in [-0.3, -0.25) is 4.79 Å². The van der Waals surface area contributed by atoms with Crippen molar-refractivity contribution in [1.82, 2.24) is 14.9 Å². The fourth-order valence-electron chi connectivity index (χ4n) is 3.73. The van der Waals surface area contributed by atoms with Crippen LogP contribution in [0.5, 0.6) is 0 Å². The summed E-state index contributed by atoms with van der Waals surface area (Å²) in [6, 6.07) is 4.11. The number of nitrogens with zero attached hydrogens (tertiary/aromatic N) is 3. The minimum absolute atomic E-state index is 0.195. The Bertz CT molecular complexity index is 898. The highest BCUT2D eigenvalue weighted by Crippen LogP contribution is 2.35. The maximum absolute atomic E-state index is 12.6. The van der Waals surface area contributed by atoms with Crippen LogP contribution in [-0.4, -0.2) is 69.4 Å². The molecule has 2 aromatic rings. The van der Waals surface area contributed by atoms with Crippen LogP contribution in [0.25, 0.3) is 0 Å². The predicted molar refractivity (Wildman–Crippen MR) is 110 cm³/mol. The number of nitrogens with one attached hydrogen (secondary N) is 1. The van der Waals surface area contributed by atoms with Gasteiger partial charge in [0.1, 0.15) is 0 Å². The Hall–Kier alpha value is -2.73. The Kier molecular flexibility index (Phi) is 7.67. The molecular formula is C20H23F3N4O4S. The summed E-state index contributed by atoms with van der Waals surface area (Å²) in [6.45, 7) is 2.17. The van der Waals surface area contributed by atoms with E-state index >= 15 is 0 Å². The number of halogens is 3. The number of rotatable bonds is 4. The summed E-state index contributed by atoms with van der Waals surface area (Å²) in [6.07, 6.45) is 1.60. The molecule has 1 spiro atoms. The normalized spacial score (nSPS) is 22.8. The minimum atomic E-state index is -5.08. The number of ether oxygens (including phenoxy) is 1. The van der Waals surface area contributed by atoms with Crippen LogP contribution in [-0.2, 0) is 20.7 Å². The zero-order valence-corrected chi connectivity index (χ0v) is 17.9. The van der Waals surface area contributed by atoms with E-state index in [0.717, 1.165) is 31.4 Å². The third-order valence-electron chi connectivity index (χ3n) is 5.24. The van der Waals surface area contributed by atoms with Crippen LogP contribution in [0.15, 0.2) is 35.3 Å². The lowest BCUT2D eigenvalue weighted by atomic mass is 9.89. The average molecular weight is 472 g/mol. The molecule has 2 aliphatic rings. The Labute approximate surface area is 186 Å². The first-order valence-electron chi connectivity index (χ1n) is 9.93. The van der Waals surface area contributed by atoms with E-state index in [-0.39, 0.29) is 17.6 Å². The summed E-state index contributed by atoms with van der Waals surface area (Å²) in [5.74, 6) is -1.90. The average Bonchev–Trinajstić information content (AvgIpc) is 3.39. The lowest BCUT2D eigenvalue weighted by molar-refractivity contribution is -0.192. The molecular weight excluding hydrogens is 449 g/mol. The van der Waals surface area contributed by atoms with Gasteiger partial charge >= 0.3 is 12.1 Å². The summed E-state index contributed by atoms with van der Waals surface area (Å²) in [4.78, 5) is 31.9. The number of carbonyl (C=O) groups excluding carboxylic acids is 1. The Morgan fingerprint density at radius 2 is 2.06 bits per heavy atom. The number of aromatic nitrogens is 2. The summed E-state index contributed by atoms with van der Waals surface area (Å²) in [7, 11) is 0. The van der Waals surface area contributed by atoms with Gasteiger partial charge in [0.15, 0.2) is 0 Å². The summed E-state index contributed by atoms with van der Waals surface area (Å²) in [5, 5.41) is 14.6. The van der Waals surface area contributed by atoms with E-state index in [1.165, 1.54) is 0 Å².